The molecule has 9 nitrogen and oxygen atoms in total. The monoisotopic (exact) mass is 486 g/mol. The second-order valence-corrected chi connectivity index (χ2v) is 8.43. The van der Waals surface area contributed by atoms with Crippen LogP contribution in [-0.4, -0.2) is 26.1 Å². The van der Waals surface area contributed by atoms with Crippen molar-refractivity contribution in [2.75, 3.05) is 6.61 Å². The lowest BCUT2D eigenvalue weighted by Gasteiger charge is -2.01. The highest BCUT2D eigenvalue weighted by Gasteiger charge is 2.12. The lowest BCUT2D eigenvalue weighted by Crippen LogP contribution is -2.23. The van der Waals surface area contributed by atoms with Crippen LogP contribution in [0.2, 0.25) is 0 Å². The van der Waals surface area contributed by atoms with Gasteiger partial charge in [0, 0.05) is 23.8 Å². The third kappa shape index (κ3) is 4.73. The zero-order valence-corrected chi connectivity index (χ0v) is 19.3. The van der Waals surface area contributed by atoms with E-state index in [1.165, 1.54) is 28.0 Å². The van der Waals surface area contributed by atoms with Gasteiger partial charge in [-0.25, -0.2) is 0 Å². The Morgan fingerprint density at radius 3 is 2.71 bits per heavy atom. The number of benzene rings is 2. The Kier molecular flexibility index (Phi) is 5.94. The molecule has 35 heavy (non-hydrogen) atoms. The summed E-state index contributed by atoms with van der Waals surface area (Å²) in [6.07, 6.45) is 5.22. The first-order valence-corrected chi connectivity index (χ1v) is 11.5. The molecule has 2 aromatic carbocycles. The van der Waals surface area contributed by atoms with E-state index in [0.29, 0.717) is 39.0 Å². The maximum atomic E-state index is 12.8. The summed E-state index contributed by atoms with van der Waals surface area (Å²) in [4.78, 5) is 28.2. The molecule has 3 heterocycles. The number of non-ortho nitro benzene ring substituents is 1. The largest absolute Gasteiger partial charge is 0.494 e. The summed E-state index contributed by atoms with van der Waals surface area (Å²) in [6, 6.07) is 17.2. The zero-order valence-electron chi connectivity index (χ0n) is 18.5. The fourth-order valence-corrected chi connectivity index (χ4v) is 4.31. The van der Waals surface area contributed by atoms with Crippen molar-refractivity contribution in [3.63, 3.8) is 0 Å². The van der Waals surface area contributed by atoms with Crippen LogP contribution in [0.4, 0.5) is 5.69 Å². The van der Waals surface area contributed by atoms with Crippen molar-refractivity contribution in [3.8, 4) is 17.1 Å². The average Bonchev–Trinajstić information content (AvgIpc) is 3.56. The molecule has 0 aliphatic carbocycles. The van der Waals surface area contributed by atoms with Crippen LogP contribution < -0.4 is 14.8 Å². The first kappa shape index (κ1) is 22.2. The molecule has 0 aliphatic heterocycles. The molecule has 0 amide bonds. The molecular formula is C25H18N4O5S. The summed E-state index contributed by atoms with van der Waals surface area (Å²) in [5, 5.41) is 15.3. The van der Waals surface area contributed by atoms with Crippen molar-refractivity contribution >= 4 is 40.2 Å². The predicted molar refractivity (Wildman–Crippen MR) is 133 cm³/mol. The van der Waals surface area contributed by atoms with Gasteiger partial charge in [0.05, 0.1) is 11.5 Å². The summed E-state index contributed by atoms with van der Waals surface area (Å²) in [5.41, 5.74) is 1.21. The standard InChI is InChI=1S/C25H18N4O5S/c1-2-33-19-9-6-16(7-10-19)8-13-23-26-25-28(27-23)24(30)22(35-25)15-20-11-12-21(34-20)17-4-3-5-18(14-17)29(31)32/h3-15H,2H2,1H3/b13-8+,22-15-. The fraction of sp³-hybridized carbons (Fsp3) is 0.0800. The second-order valence-electron chi connectivity index (χ2n) is 7.43. The molecule has 5 aromatic rings. The Morgan fingerprint density at radius 1 is 1.14 bits per heavy atom. The SMILES string of the molecule is CCOc1ccc(/C=C/c2nc3s/c(=C\c4ccc(-c5cccc([N+](=O)[O-])c5)o4)c(=O)n3n2)cc1. The first-order valence-electron chi connectivity index (χ1n) is 10.7. The third-order valence-electron chi connectivity index (χ3n) is 5.06. The molecule has 0 saturated heterocycles. The molecule has 0 aliphatic rings. The van der Waals surface area contributed by atoms with Gasteiger partial charge in [0.25, 0.3) is 11.2 Å². The number of rotatable bonds is 7. The zero-order chi connectivity index (χ0) is 24.4. The van der Waals surface area contributed by atoms with Crippen LogP contribution in [0, 0.1) is 10.1 Å². The normalized spacial score (nSPS) is 12.1. The molecule has 5 rings (SSSR count). The molecule has 0 atom stereocenters. The van der Waals surface area contributed by atoms with E-state index in [1.54, 1.807) is 36.4 Å². The number of aromatic nitrogens is 3. The van der Waals surface area contributed by atoms with Crippen molar-refractivity contribution in [3.05, 3.63) is 103 Å². The van der Waals surface area contributed by atoms with Gasteiger partial charge in [0.1, 0.15) is 21.8 Å². The number of hydrogen-bond donors (Lipinski definition) is 0. The van der Waals surface area contributed by atoms with Crippen molar-refractivity contribution in [1.29, 1.82) is 0 Å². The number of thiazole rings is 1. The van der Waals surface area contributed by atoms with Gasteiger partial charge in [-0.2, -0.15) is 9.50 Å². The summed E-state index contributed by atoms with van der Waals surface area (Å²) in [5.74, 6) is 2.15. The van der Waals surface area contributed by atoms with Crippen LogP contribution in [0.15, 0.2) is 69.9 Å². The predicted octanol–water partition coefficient (Wildman–Crippen LogP) is 4.44. The van der Waals surface area contributed by atoms with Crippen molar-refractivity contribution in [2.24, 2.45) is 0 Å². The maximum absolute atomic E-state index is 12.8. The molecule has 0 fully saturated rings. The van der Waals surface area contributed by atoms with Crippen LogP contribution in [-0.2, 0) is 0 Å². The minimum Gasteiger partial charge on any atom is -0.494 e. The lowest BCUT2D eigenvalue weighted by molar-refractivity contribution is -0.384. The fourth-order valence-electron chi connectivity index (χ4n) is 3.42. The van der Waals surface area contributed by atoms with Crippen molar-refractivity contribution < 1.29 is 14.1 Å². The molecule has 0 spiro atoms. The van der Waals surface area contributed by atoms with E-state index in [9.17, 15) is 14.9 Å². The molecular weight excluding hydrogens is 468 g/mol. The highest BCUT2D eigenvalue weighted by Crippen LogP contribution is 2.26. The van der Waals surface area contributed by atoms with Crippen molar-refractivity contribution in [1.82, 2.24) is 14.6 Å². The minimum absolute atomic E-state index is 0.0239. The summed E-state index contributed by atoms with van der Waals surface area (Å²) in [7, 11) is 0. The van der Waals surface area contributed by atoms with Gasteiger partial charge in [-0.1, -0.05) is 41.7 Å². The Morgan fingerprint density at radius 2 is 1.97 bits per heavy atom. The highest BCUT2D eigenvalue weighted by molar-refractivity contribution is 7.15. The van der Waals surface area contributed by atoms with Gasteiger partial charge in [0.15, 0.2) is 5.82 Å². The second kappa shape index (κ2) is 9.35. The van der Waals surface area contributed by atoms with Crippen LogP contribution in [0.25, 0.3) is 34.5 Å². The topological polar surface area (TPSA) is 113 Å². The Balaban J connectivity index is 1.38. The number of nitro benzene ring substituents is 1. The van der Waals surface area contributed by atoms with Crippen LogP contribution >= 0.6 is 11.3 Å². The molecule has 0 unspecified atom stereocenters. The molecule has 10 heteroatoms. The van der Waals surface area contributed by atoms with Crippen LogP contribution in [0.5, 0.6) is 5.75 Å². The quantitative estimate of drug-likeness (QED) is 0.247. The van der Waals surface area contributed by atoms with Crippen LogP contribution in [0.1, 0.15) is 24.1 Å². The van der Waals surface area contributed by atoms with Gasteiger partial charge in [-0.15, -0.1) is 5.10 Å². The van der Waals surface area contributed by atoms with E-state index in [0.717, 1.165) is 11.3 Å². The van der Waals surface area contributed by atoms with E-state index < -0.39 is 4.92 Å². The molecule has 0 N–H and O–H groups in total. The van der Waals surface area contributed by atoms with Gasteiger partial charge in [-0.3, -0.25) is 14.9 Å². The molecule has 0 saturated carbocycles. The number of nitro groups is 1. The number of furan rings is 1. The molecule has 0 bridgehead atoms. The highest BCUT2D eigenvalue weighted by atomic mass is 32.1. The van der Waals surface area contributed by atoms with E-state index >= 15 is 0 Å². The van der Waals surface area contributed by atoms with Gasteiger partial charge in [0.2, 0.25) is 4.96 Å². The van der Waals surface area contributed by atoms with E-state index in [-0.39, 0.29) is 11.2 Å². The molecule has 3 aromatic heterocycles. The Labute approximate surface area is 202 Å². The van der Waals surface area contributed by atoms with Crippen LogP contribution in [0.3, 0.4) is 0 Å². The maximum Gasteiger partial charge on any atom is 0.291 e. The Bertz CT molecular complexity index is 1660. The van der Waals surface area contributed by atoms with E-state index in [1.807, 2.05) is 37.3 Å². The minimum atomic E-state index is -0.459. The van der Waals surface area contributed by atoms with E-state index in [2.05, 4.69) is 10.1 Å². The number of hydrogen-bond acceptors (Lipinski definition) is 8. The number of fused-ring (bicyclic) bond motifs is 1. The molecule has 174 valence electrons. The van der Waals surface area contributed by atoms with E-state index in [4.69, 9.17) is 9.15 Å². The summed E-state index contributed by atoms with van der Waals surface area (Å²) >= 11 is 1.20. The first-order chi connectivity index (χ1) is 17.0. The smallest absolute Gasteiger partial charge is 0.291 e. The lowest BCUT2D eigenvalue weighted by atomic mass is 10.1. The van der Waals surface area contributed by atoms with Gasteiger partial charge >= 0.3 is 0 Å². The number of nitrogens with zero attached hydrogens (tertiary/aromatic N) is 4. The average molecular weight is 487 g/mol. The summed E-state index contributed by atoms with van der Waals surface area (Å²) < 4.78 is 12.9. The van der Waals surface area contributed by atoms with Crippen molar-refractivity contribution in [2.45, 2.75) is 6.92 Å². The Hall–Kier alpha value is -4.57. The number of ether oxygens (including phenoxy) is 1. The third-order valence-corrected chi connectivity index (χ3v) is 6.02. The van der Waals surface area contributed by atoms with Gasteiger partial charge in [-0.05, 0) is 42.8 Å². The molecule has 0 radical (unpaired) electrons. The summed E-state index contributed by atoms with van der Waals surface area (Å²) in [6.45, 7) is 2.55. The van der Waals surface area contributed by atoms with Gasteiger partial charge < -0.3 is 9.15 Å².